The fraction of sp³-hybridized carbons (Fsp3) is 0.238. The van der Waals surface area contributed by atoms with Gasteiger partial charge in [0.1, 0.15) is 5.82 Å². The number of nitrogens with zero attached hydrogens (tertiary/aromatic N) is 4. The topological polar surface area (TPSA) is 88.5 Å². The number of aromatic nitrogens is 5. The molecule has 0 fully saturated rings. The number of fused-ring (bicyclic) bond motifs is 1. The van der Waals surface area contributed by atoms with Crippen LogP contribution >= 0.6 is 0 Å². The van der Waals surface area contributed by atoms with Crippen LogP contribution in [0, 0.1) is 20.8 Å². The number of H-pyrrole nitrogens is 1. The molecule has 0 aliphatic carbocycles. The van der Waals surface area contributed by atoms with Crippen molar-refractivity contribution in [2.24, 2.45) is 0 Å². The highest BCUT2D eigenvalue weighted by molar-refractivity contribution is 5.91. The Morgan fingerprint density at radius 2 is 1.82 bits per heavy atom. The minimum absolute atomic E-state index is 0.0733. The largest absolute Gasteiger partial charge is 0.361 e. The second-order valence-electron chi connectivity index (χ2n) is 6.94. The molecule has 7 heteroatoms. The molecule has 0 aliphatic heterocycles. The lowest BCUT2D eigenvalue weighted by Crippen LogP contribution is -2.16. The van der Waals surface area contributed by atoms with Crippen LogP contribution in [-0.4, -0.2) is 30.6 Å². The first-order chi connectivity index (χ1) is 13.5. The van der Waals surface area contributed by atoms with E-state index in [-0.39, 0.29) is 5.91 Å². The van der Waals surface area contributed by atoms with Crippen molar-refractivity contribution in [2.75, 3.05) is 5.32 Å². The van der Waals surface area contributed by atoms with Crippen molar-refractivity contribution in [1.82, 2.24) is 24.7 Å². The molecule has 3 aromatic heterocycles. The number of hydrogen-bond donors (Lipinski definition) is 2. The van der Waals surface area contributed by atoms with Gasteiger partial charge in [-0.1, -0.05) is 18.2 Å². The van der Waals surface area contributed by atoms with E-state index in [0.717, 1.165) is 33.5 Å². The summed E-state index contributed by atoms with van der Waals surface area (Å²) in [5.74, 6) is 0.958. The van der Waals surface area contributed by atoms with E-state index in [1.807, 2.05) is 57.3 Å². The Labute approximate surface area is 162 Å². The first-order valence-electron chi connectivity index (χ1n) is 9.24. The van der Waals surface area contributed by atoms with Gasteiger partial charge in [0.05, 0.1) is 5.69 Å². The fourth-order valence-electron chi connectivity index (χ4n) is 3.34. The molecule has 7 nitrogen and oxygen atoms in total. The molecular weight excluding hydrogens is 352 g/mol. The molecule has 0 saturated heterocycles. The smallest absolute Gasteiger partial charge is 0.252 e. The summed E-state index contributed by atoms with van der Waals surface area (Å²) in [5.41, 5.74) is 4.71. The standard InChI is InChI=1S/C21H22N6O/c1-13-10-14(2)24-21(23-13)27-19(11-15(3)26-27)25-20(28)9-8-16-12-22-18-7-5-4-6-17(16)18/h4-7,10-12,22H,8-9H2,1-3H3,(H,25,28). The van der Waals surface area contributed by atoms with Gasteiger partial charge < -0.3 is 10.3 Å². The van der Waals surface area contributed by atoms with Crippen LogP contribution in [0.25, 0.3) is 16.9 Å². The highest BCUT2D eigenvalue weighted by Gasteiger charge is 2.14. The van der Waals surface area contributed by atoms with Gasteiger partial charge in [0, 0.05) is 41.0 Å². The maximum Gasteiger partial charge on any atom is 0.252 e. The molecule has 0 bridgehead atoms. The van der Waals surface area contributed by atoms with E-state index < -0.39 is 0 Å². The second-order valence-corrected chi connectivity index (χ2v) is 6.94. The van der Waals surface area contributed by atoms with Gasteiger partial charge >= 0.3 is 0 Å². The van der Waals surface area contributed by atoms with Crippen molar-refractivity contribution in [3.63, 3.8) is 0 Å². The lowest BCUT2D eigenvalue weighted by atomic mass is 10.1. The number of carbonyl (C=O) groups excluding carboxylic acids is 1. The number of aromatic amines is 1. The van der Waals surface area contributed by atoms with Crippen molar-refractivity contribution < 1.29 is 4.79 Å². The average molecular weight is 374 g/mol. The van der Waals surface area contributed by atoms with E-state index in [4.69, 9.17) is 0 Å². The minimum Gasteiger partial charge on any atom is -0.361 e. The molecule has 1 amide bonds. The number of carbonyl (C=O) groups is 1. The average Bonchev–Trinajstić information content (AvgIpc) is 3.22. The van der Waals surface area contributed by atoms with Crippen LogP contribution in [0.2, 0.25) is 0 Å². The molecule has 28 heavy (non-hydrogen) atoms. The number of rotatable bonds is 5. The highest BCUT2D eigenvalue weighted by Crippen LogP contribution is 2.20. The molecule has 3 heterocycles. The molecule has 2 N–H and O–H groups in total. The zero-order chi connectivity index (χ0) is 19.7. The lowest BCUT2D eigenvalue weighted by Gasteiger charge is -2.09. The fourth-order valence-corrected chi connectivity index (χ4v) is 3.34. The number of nitrogens with one attached hydrogen (secondary N) is 2. The molecule has 0 unspecified atom stereocenters. The number of anilines is 1. The molecule has 0 saturated carbocycles. The second kappa shape index (κ2) is 7.26. The van der Waals surface area contributed by atoms with Gasteiger partial charge in [0.15, 0.2) is 0 Å². The summed E-state index contributed by atoms with van der Waals surface area (Å²) in [6.07, 6.45) is 3.00. The quantitative estimate of drug-likeness (QED) is 0.558. The van der Waals surface area contributed by atoms with Crippen LogP contribution in [0.15, 0.2) is 42.6 Å². The van der Waals surface area contributed by atoms with Crippen LogP contribution in [0.5, 0.6) is 0 Å². The molecule has 0 radical (unpaired) electrons. The zero-order valence-corrected chi connectivity index (χ0v) is 16.2. The summed E-state index contributed by atoms with van der Waals surface area (Å²) in [5, 5.41) is 8.54. The molecule has 142 valence electrons. The van der Waals surface area contributed by atoms with Crippen LogP contribution in [0.1, 0.15) is 29.1 Å². The Morgan fingerprint density at radius 1 is 1.07 bits per heavy atom. The third-order valence-electron chi connectivity index (χ3n) is 4.56. The third kappa shape index (κ3) is 3.64. The zero-order valence-electron chi connectivity index (χ0n) is 16.2. The predicted octanol–water partition coefficient (Wildman–Crippen LogP) is 3.64. The van der Waals surface area contributed by atoms with E-state index in [1.165, 1.54) is 0 Å². The van der Waals surface area contributed by atoms with Gasteiger partial charge in [-0.05, 0) is 44.9 Å². The normalized spacial score (nSPS) is 11.1. The lowest BCUT2D eigenvalue weighted by molar-refractivity contribution is -0.116. The van der Waals surface area contributed by atoms with Crippen molar-refractivity contribution >= 4 is 22.6 Å². The molecule has 4 rings (SSSR count). The summed E-state index contributed by atoms with van der Waals surface area (Å²) < 4.78 is 1.58. The SMILES string of the molecule is Cc1cc(C)nc(-n2nc(C)cc2NC(=O)CCc2c[nH]c3ccccc23)n1. The molecule has 0 spiro atoms. The van der Waals surface area contributed by atoms with Gasteiger partial charge in [0.2, 0.25) is 5.91 Å². The highest BCUT2D eigenvalue weighted by atomic mass is 16.1. The van der Waals surface area contributed by atoms with E-state index in [1.54, 1.807) is 4.68 Å². The summed E-state index contributed by atoms with van der Waals surface area (Å²) in [7, 11) is 0. The molecule has 4 aromatic rings. The van der Waals surface area contributed by atoms with Gasteiger partial charge in [-0.2, -0.15) is 9.78 Å². The van der Waals surface area contributed by atoms with Gasteiger partial charge in [-0.15, -0.1) is 0 Å². The first-order valence-corrected chi connectivity index (χ1v) is 9.24. The Balaban J connectivity index is 1.50. The van der Waals surface area contributed by atoms with E-state index in [0.29, 0.717) is 24.6 Å². The molecule has 1 aromatic carbocycles. The maximum absolute atomic E-state index is 12.6. The Hall–Kier alpha value is -3.48. The first kappa shape index (κ1) is 17.9. The van der Waals surface area contributed by atoms with Crippen molar-refractivity contribution in [2.45, 2.75) is 33.6 Å². The summed E-state index contributed by atoms with van der Waals surface area (Å²) in [6.45, 7) is 5.70. The summed E-state index contributed by atoms with van der Waals surface area (Å²) in [4.78, 5) is 24.7. The molecular formula is C21H22N6O. The van der Waals surface area contributed by atoms with Crippen LogP contribution in [0.3, 0.4) is 0 Å². The van der Waals surface area contributed by atoms with Gasteiger partial charge in [-0.25, -0.2) is 9.97 Å². The Morgan fingerprint density at radius 3 is 2.61 bits per heavy atom. The molecule has 0 atom stereocenters. The Kier molecular flexibility index (Phi) is 4.65. The van der Waals surface area contributed by atoms with E-state index >= 15 is 0 Å². The van der Waals surface area contributed by atoms with E-state index in [9.17, 15) is 4.79 Å². The number of aryl methyl sites for hydroxylation is 4. The summed E-state index contributed by atoms with van der Waals surface area (Å²) >= 11 is 0. The van der Waals surface area contributed by atoms with Crippen LogP contribution < -0.4 is 5.32 Å². The number of amides is 1. The maximum atomic E-state index is 12.6. The van der Waals surface area contributed by atoms with Gasteiger partial charge in [-0.3, -0.25) is 4.79 Å². The minimum atomic E-state index is -0.0733. The van der Waals surface area contributed by atoms with Crippen LogP contribution in [-0.2, 0) is 11.2 Å². The monoisotopic (exact) mass is 374 g/mol. The predicted molar refractivity (Wildman–Crippen MR) is 109 cm³/mol. The number of benzene rings is 1. The van der Waals surface area contributed by atoms with Crippen LogP contribution in [0.4, 0.5) is 5.82 Å². The third-order valence-corrected chi connectivity index (χ3v) is 4.56. The van der Waals surface area contributed by atoms with Crippen molar-refractivity contribution in [3.8, 4) is 5.95 Å². The Bertz CT molecular complexity index is 1140. The molecule has 0 aliphatic rings. The van der Waals surface area contributed by atoms with Gasteiger partial charge in [0.25, 0.3) is 5.95 Å². The van der Waals surface area contributed by atoms with Crippen molar-refractivity contribution in [1.29, 1.82) is 0 Å². The van der Waals surface area contributed by atoms with Crippen molar-refractivity contribution in [3.05, 3.63) is 65.2 Å². The summed E-state index contributed by atoms with van der Waals surface area (Å²) in [6, 6.07) is 11.8. The van der Waals surface area contributed by atoms with E-state index in [2.05, 4.69) is 31.4 Å². The number of para-hydroxylation sites is 1. The number of hydrogen-bond acceptors (Lipinski definition) is 4.